The van der Waals surface area contributed by atoms with Crippen molar-refractivity contribution in [2.24, 2.45) is 0 Å². The molecule has 0 saturated heterocycles. The lowest BCUT2D eigenvalue weighted by Gasteiger charge is -2.22. The Bertz CT molecular complexity index is 998. The first-order valence-electron chi connectivity index (χ1n) is 8.01. The highest BCUT2D eigenvalue weighted by Crippen LogP contribution is 2.35. The molecule has 174 valence electrons. The molecular weight excluding hydrogens is 484 g/mol. The number of amides is 3. The molecule has 15 heteroatoms. The van der Waals surface area contributed by atoms with Crippen molar-refractivity contribution in [3.8, 4) is 5.75 Å². The third kappa shape index (κ3) is 6.68. The summed E-state index contributed by atoms with van der Waals surface area (Å²) in [5.74, 6) is -4.93. The van der Waals surface area contributed by atoms with Crippen molar-refractivity contribution in [2.45, 2.75) is 18.8 Å². The van der Waals surface area contributed by atoms with Crippen LogP contribution in [0, 0.1) is 11.6 Å². The average Bonchev–Trinajstić information content (AvgIpc) is 2.62. The zero-order chi connectivity index (χ0) is 24.3. The quantitative estimate of drug-likeness (QED) is 0.531. The molecule has 1 atom stereocenters. The summed E-state index contributed by atoms with van der Waals surface area (Å²) in [6.45, 7) is 0. The second-order valence-electron chi connectivity index (χ2n) is 5.69. The van der Waals surface area contributed by atoms with Gasteiger partial charge in [0, 0.05) is 5.69 Å². The van der Waals surface area contributed by atoms with E-state index in [0.717, 1.165) is 30.3 Å². The third-order valence-electron chi connectivity index (χ3n) is 3.35. The minimum Gasteiger partial charge on any atom is -0.427 e. The predicted octanol–water partition coefficient (Wildman–Crippen LogP) is 5.38. The van der Waals surface area contributed by atoms with Gasteiger partial charge < -0.3 is 10.1 Å². The van der Waals surface area contributed by atoms with E-state index in [1.54, 1.807) is 5.32 Å². The molecule has 0 heterocycles. The molecule has 2 aromatic rings. The first-order chi connectivity index (χ1) is 14.7. The number of hydrogen-bond acceptors (Lipinski definition) is 4. The largest absolute Gasteiger partial charge is 0.525 e. The van der Waals surface area contributed by atoms with Gasteiger partial charge in [-0.25, -0.2) is 22.7 Å². The number of benzene rings is 2. The van der Waals surface area contributed by atoms with Crippen LogP contribution in [-0.2, 0) is 4.74 Å². The minimum absolute atomic E-state index is 0.270. The number of nitrogens with one attached hydrogen (secondary N) is 2. The third-order valence-corrected chi connectivity index (χ3v) is 3.65. The van der Waals surface area contributed by atoms with Crippen LogP contribution in [0.5, 0.6) is 5.75 Å². The highest BCUT2D eigenvalue weighted by molar-refractivity contribution is 6.32. The van der Waals surface area contributed by atoms with Crippen molar-refractivity contribution in [2.75, 3.05) is 5.32 Å². The highest BCUT2D eigenvalue weighted by atomic mass is 35.5. The molecule has 6 nitrogen and oxygen atoms in total. The molecule has 32 heavy (non-hydrogen) atoms. The Hall–Kier alpha value is -3.13. The summed E-state index contributed by atoms with van der Waals surface area (Å²) in [4.78, 5) is 23.6. The fourth-order valence-electron chi connectivity index (χ4n) is 2.08. The summed E-state index contributed by atoms with van der Waals surface area (Å²) in [6.07, 6.45) is -15.0. The van der Waals surface area contributed by atoms with Crippen molar-refractivity contribution >= 4 is 29.2 Å². The number of alkyl halides is 6. The first kappa shape index (κ1) is 25.1. The van der Waals surface area contributed by atoms with Gasteiger partial charge in [-0.05, 0) is 30.3 Å². The molecule has 2 aromatic carbocycles. The number of carbonyl (C=O) groups is 2. The van der Waals surface area contributed by atoms with Crippen molar-refractivity contribution in [3.05, 3.63) is 58.6 Å². The maximum Gasteiger partial charge on any atom is 0.525 e. The second-order valence-corrected chi connectivity index (χ2v) is 6.10. The lowest BCUT2D eigenvalue weighted by atomic mass is 10.2. The Morgan fingerprint density at radius 3 is 2.12 bits per heavy atom. The summed E-state index contributed by atoms with van der Waals surface area (Å²) in [6, 6.07) is 3.43. The minimum atomic E-state index is -5.71. The number of halogens is 9. The monoisotopic (exact) mass is 492 g/mol. The molecular formula is C17H9ClF8N2O4. The maximum atomic E-state index is 13.5. The van der Waals surface area contributed by atoms with E-state index in [-0.39, 0.29) is 5.69 Å². The van der Waals surface area contributed by atoms with E-state index in [0.29, 0.717) is 6.07 Å². The lowest BCUT2D eigenvalue weighted by molar-refractivity contribution is -0.411. The van der Waals surface area contributed by atoms with Gasteiger partial charge in [0.05, 0.1) is 5.02 Å². The molecule has 0 fully saturated rings. The van der Waals surface area contributed by atoms with E-state index in [1.165, 1.54) is 0 Å². The van der Waals surface area contributed by atoms with E-state index in [1.807, 2.05) is 5.32 Å². The number of carbonyl (C=O) groups excluding carboxylic acids is 2. The summed E-state index contributed by atoms with van der Waals surface area (Å²) in [5, 5.41) is 2.86. The van der Waals surface area contributed by atoms with E-state index >= 15 is 0 Å². The highest BCUT2D eigenvalue weighted by Gasteiger charge is 2.50. The van der Waals surface area contributed by atoms with Crippen molar-refractivity contribution in [1.82, 2.24) is 5.32 Å². The Morgan fingerprint density at radius 1 is 1.00 bits per heavy atom. The SMILES string of the molecule is O=C(NC(=O)c1c(F)cccc1F)Nc1ccc(OC(F)(F)[C@@H](F)OC(F)(F)F)c(Cl)c1. The Balaban J connectivity index is 2.05. The average molecular weight is 493 g/mol. The Labute approximate surface area is 178 Å². The molecule has 2 rings (SSSR count). The normalized spacial score (nSPS) is 12.8. The zero-order valence-corrected chi connectivity index (χ0v) is 15.8. The molecule has 0 spiro atoms. The van der Waals surface area contributed by atoms with Crippen LogP contribution >= 0.6 is 11.6 Å². The molecule has 0 aliphatic carbocycles. The number of anilines is 1. The Morgan fingerprint density at radius 2 is 1.59 bits per heavy atom. The fourth-order valence-corrected chi connectivity index (χ4v) is 2.30. The molecule has 0 radical (unpaired) electrons. The molecule has 0 aromatic heterocycles. The van der Waals surface area contributed by atoms with Gasteiger partial charge in [-0.15, -0.1) is 13.2 Å². The Kier molecular flexibility index (Phi) is 7.51. The number of rotatable bonds is 6. The van der Waals surface area contributed by atoms with Gasteiger partial charge in [0.15, 0.2) is 0 Å². The molecule has 2 N–H and O–H groups in total. The van der Waals surface area contributed by atoms with Crippen molar-refractivity contribution in [3.63, 3.8) is 0 Å². The van der Waals surface area contributed by atoms with Crippen LogP contribution in [-0.4, -0.2) is 30.8 Å². The number of hydrogen-bond donors (Lipinski definition) is 2. The van der Waals surface area contributed by atoms with Crippen LogP contribution in [0.3, 0.4) is 0 Å². The summed E-state index contributed by atoms with van der Waals surface area (Å²) in [7, 11) is 0. The van der Waals surface area contributed by atoms with Gasteiger partial charge in [0.25, 0.3) is 5.91 Å². The van der Waals surface area contributed by atoms with Crippen molar-refractivity contribution < 1.29 is 54.2 Å². The van der Waals surface area contributed by atoms with Crippen LogP contribution in [0.2, 0.25) is 5.02 Å². The molecule has 0 unspecified atom stereocenters. The zero-order valence-electron chi connectivity index (χ0n) is 15.1. The van der Waals surface area contributed by atoms with Gasteiger partial charge in [0.1, 0.15) is 22.9 Å². The van der Waals surface area contributed by atoms with E-state index in [4.69, 9.17) is 11.6 Å². The molecule has 0 bridgehead atoms. The predicted molar refractivity (Wildman–Crippen MR) is 91.9 cm³/mol. The maximum absolute atomic E-state index is 13.5. The fraction of sp³-hybridized carbons (Fsp3) is 0.176. The van der Waals surface area contributed by atoms with Gasteiger partial charge in [0.2, 0.25) is 0 Å². The van der Waals surface area contributed by atoms with E-state index < -0.39 is 58.7 Å². The van der Waals surface area contributed by atoms with Crippen molar-refractivity contribution in [1.29, 1.82) is 0 Å². The van der Waals surface area contributed by atoms with E-state index in [9.17, 15) is 44.7 Å². The van der Waals surface area contributed by atoms with Gasteiger partial charge in [-0.2, -0.15) is 8.78 Å². The molecule has 0 saturated carbocycles. The number of ether oxygens (including phenoxy) is 2. The smallest absolute Gasteiger partial charge is 0.427 e. The second kappa shape index (κ2) is 9.56. The van der Waals surface area contributed by atoms with Gasteiger partial charge in [-0.3, -0.25) is 10.1 Å². The van der Waals surface area contributed by atoms with Crippen LogP contribution < -0.4 is 15.4 Å². The summed E-state index contributed by atoms with van der Waals surface area (Å²) in [5.41, 5.74) is -1.32. The molecule has 3 amide bonds. The van der Waals surface area contributed by atoms with Crippen LogP contribution in [0.15, 0.2) is 36.4 Å². The molecule has 0 aliphatic rings. The summed E-state index contributed by atoms with van der Waals surface area (Å²) >= 11 is 5.62. The van der Waals surface area contributed by atoms with Crippen LogP contribution in [0.4, 0.5) is 45.6 Å². The number of urea groups is 1. The summed E-state index contributed by atoms with van der Waals surface area (Å²) < 4.78 is 109. The van der Waals surface area contributed by atoms with E-state index in [2.05, 4.69) is 9.47 Å². The van der Waals surface area contributed by atoms with Gasteiger partial charge >= 0.3 is 24.9 Å². The first-order valence-corrected chi connectivity index (χ1v) is 8.39. The van der Waals surface area contributed by atoms with Crippen LogP contribution in [0.25, 0.3) is 0 Å². The topological polar surface area (TPSA) is 76.7 Å². The van der Waals surface area contributed by atoms with Gasteiger partial charge in [-0.1, -0.05) is 17.7 Å². The van der Waals surface area contributed by atoms with Crippen LogP contribution in [0.1, 0.15) is 10.4 Å². The molecule has 0 aliphatic heterocycles. The number of imide groups is 1. The standard InChI is InChI=1S/C17H9ClF8N2O4/c18-8-6-7(4-5-11(8)31-16(22,23)14(21)32-17(24,25)26)27-15(30)28-13(29)12-9(19)2-1-3-10(12)20/h1-6,14H,(H2,27,28,29,30)/t14-/m0/s1. The lowest BCUT2D eigenvalue weighted by Crippen LogP contribution is -2.41.